The third-order valence-corrected chi connectivity index (χ3v) is 3.33. The molecule has 0 bridgehead atoms. The second-order valence-electron chi connectivity index (χ2n) is 4.91. The second kappa shape index (κ2) is 8.73. The van der Waals surface area contributed by atoms with Crippen LogP contribution in [0.4, 0.5) is 18.9 Å². The first-order chi connectivity index (χ1) is 11.3. The summed E-state index contributed by atoms with van der Waals surface area (Å²) in [6.45, 7) is 5.90. The average molecular weight is 358 g/mol. The van der Waals surface area contributed by atoms with Gasteiger partial charge in [0.25, 0.3) is 0 Å². The van der Waals surface area contributed by atoms with Crippen molar-refractivity contribution in [1.82, 2.24) is 0 Å². The molecule has 0 saturated heterocycles. The Labute approximate surface area is 144 Å². The van der Waals surface area contributed by atoms with Crippen molar-refractivity contribution in [3.8, 4) is 0 Å². The van der Waals surface area contributed by atoms with E-state index in [1.54, 1.807) is 6.07 Å². The maximum Gasteiger partial charge on any atom is 0.417 e. The molecule has 24 heavy (non-hydrogen) atoms. The van der Waals surface area contributed by atoms with E-state index in [2.05, 4.69) is 5.32 Å². The molecule has 0 aliphatic heterocycles. The number of carbonyl (C=O) groups is 1. The molecule has 1 N–H and O–H groups in total. The molecule has 0 radical (unpaired) electrons. The van der Waals surface area contributed by atoms with E-state index in [9.17, 15) is 18.0 Å². The first-order valence-electron chi connectivity index (χ1n) is 7.48. The molecule has 2 aromatic rings. The quantitative estimate of drug-likeness (QED) is 0.730. The van der Waals surface area contributed by atoms with Crippen LogP contribution in [-0.4, -0.2) is 5.91 Å². The summed E-state index contributed by atoms with van der Waals surface area (Å²) in [7, 11) is 0. The number of nitrogens with one attached hydrogen (secondary N) is 1. The molecule has 0 unspecified atom stereocenters. The molecule has 2 rings (SSSR count). The fraction of sp³-hybridized carbons (Fsp3) is 0.278. The third kappa shape index (κ3) is 5.89. The van der Waals surface area contributed by atoms with Crippen molar-refractivity contribution in [2.45, 2.75) is 33.4 Å². The normalized spacial score (nSPS) is 10.6. The van der Waals surface area contributed by atoms with Crippen molar-refractivity contribution in [2.24, 2.45) is 0 Å². The summed E-state index contributed by atoms with van der Waals surface area (Å²) in [5, 5.41) is 2.05. The Balaban J connectivity index is 0.00000139. The highest BCUT2D eigenvalue weighted by molar-refractivity contribution is 6.31. The van der Waals surface area contributed by atoms with Gasteiger partial charge in [-0.05, 0) is 30.7 Å². The number of carbonyl (C=O) groups excluding carboxylic acids is 1. The van der Waals surface area contributed by atoms with E-state index >= 15 is 0 Å². The molecule has 0 heterocycles. The van der Waals surface area contributed by atoms with Crippen molar-refractivity contribution >= 4 is 23.2 Å². The maximum absolute atomic E-state index is 12.8. The number of anilines is 1. The molecular formula is C18H19ClF3NO. The van der Waals surface area contributed by atoms with Gasteiger partial charge < -0.3 is 5.32 Å². The first kappa shape index (κ1) is 20.0. The summed E-state index contributed by atoms with van der Waals surface area (Å²) in [6.07, 6.45) is -4.47. The van der Waals surface area contributed by atoms with Gasteiger partial charge in [-0.2, -0.15) is 13.2 Å². The summed E-state index contributed by atoms with van der Waals surface area (Å²) >= 11 is 5.53. The number of benzene rings is 2. The largest absolute Gasteiger partial charge is 0.417 e. The Morgan fingerprint density at radius 2 is 1.79 bits per heavy atom. The molecule has 0 aliphatic rings. The average Bonchev–Trinajstić information content (AvgIpc) is 2.50. The Bertz CT molecular complexity index is 699. The van der Waals surface area contributed by atoms with Crippen LogP contribution in [0.3, 0.4) is 0 Å². The molecule has 1 amide bonds. The molecule has 0 fully saturated rings. The minimum Gasteiger partial charge on any atom is -0.326 e. The molecule has 130 valence electrons. The summed E-state index contributed by atoms with van der Waals surface area (Å²) < 4.78 is 38.3. The lowest BCUT2D eigenvalue weighted by Gasteiger charge is -2.12. The van der Waals surface area contributed by atoms with Crippen LogP contribution in [0.5, 0.6) is 0 Å². The lowest BCUT2D eigenvalue weighted by atomic mass is 10.1. The molecule has 2 aromatic carbocycles. The zero-order valence-corrected chi connectivity index (χ0v) is 14.4. The van der Waals surface area contributed by atoms with Gasteiger partial charge in [-0.25, -0.2) is 0 Å². The van der Waals surface area contributed by atoms with E-state index < -0.39 is 16.8 Å². The smallest absolute Gasteiger partial charge is 0.326 e. The van der Waals surface area contributed by atoms with E-state index in [0.29, 0.717) is 0 Å². The van der Waals surface area contributed by atoms with Crippen LogP contribution < -0.4 is 5.32 Å². The van der Waals surface area contributed by atoms with Crippen molar-refractivity contribution in [1.29, 1.82) is 0 Å². The zero-order chi connectivity index (χ0) is 18.3. The molecule has 6 heteroatoms. The van der Waals surface area contributed by atoms with Crippen LogP contribution in [0.25, 0.3) is 0 Å². The molecule has 0 aliphatic carbocycles. The van der Waals surface area contributed by atoms with Crippen molar-refractivity contribution in [3.05, 3.63) is 64.2 Å². The third-order valence-electron chi connectivity index (χ3n) is 3.00. The molecule has 2 nitrogen and oxygen atoms in total. The summed E-state index contributed by atoms with van der Waals surface area (Å²) in [6, 6.07) is 10.6. The van der Waals surface area contributed by atoms with Crippen LogP contribution in [0.15, 0.2) is 42.5 Å². The summed E-state index contributed by atoms with van der Waals surface area (Å²) in [4.78, 5) is 11.9. The van der Waals surface area contributed by atoms with Gasteiger partial charge in [-0.15, -0.1) is 0 Å². The van der Waals surface area contributed by atoms with E-state index in [0.717, 1.165) is 23.3 Å². The highest BCUT2D eigenvalue weighted by Crippen LogP contribution is 2.36. The van der Waals surface area contributed by atoms with Crippen LogP contribution >= 0.6 is 11.6 Å². The van der Waals surface area contributed by atoms with Crippen molar-refractivity contribution < 1.29 is 18.0 Å². The molecule has 0 spiro atoms. The Kier molecular flexibility index (Phi) is 7.29. The molecule has 0 aromatic heterocycles. The van der Waals surface area contributed by atoms with E-state index in [1.165, 1.54) is 6.07 Å². The monoisotopic (exact) mass is 357 g/mol. The van der Waals surface area contributed by atoms with Crippen LogP contribution in [0, 0.1) is 6.92 Å². The van der Waals surface area contributed by atoms with Gasteiger partial charge in [0.05, 0.1) is 17.0 Å². The minimum absolute atomic E-state index is 0.0642. The number of aryl methyl sites for hydroxylation is 1. The minimum atomic E-state index is -4.56. The van der Waals surface area contributed by atoms with Gasteiger partial charge in [0.15, 0.2) is 0 Å². The number of hydrogen-bond acceptors (Lipinski definition) is 1. The SMILES string of the molecule is CC.Cc1cccc(CC(=O)Nc2ccc(Cl)c(C(F)(F)F)c2)c1. The number of halogens is 4. The highest BCUT2D eigenvalue weighted by Gasteiger charge is 2.33. The summed E-state index contributed by atoms with van der Waals surface area (Å²) in [5.74, 6) is -0.388. The van der Waals surface area contributed by atoms with Crippen molar-refractivity contribution in [2.75, 3.05) is 5.32 Å². The van der Waals surface area contributed by atoms with Gasteiger partial charge in [-0.3, -0.25) is 4.79 Å². The zero-order valence-electron chi connectivity index (χ0n) is 13.7. The fourth-order valence-corrected chi connectivity index (χ4v) is 2.26. The van der Waals surface area contributed by atoms with Gasteiger partial charge in [0, 0.05) is 5.69 Å². The van der Waals surface area contributed by atoms with Gasteiger partial charge in [0.1, 0.15) is 0 Å². The van der Waals surface area contributed by atoms with Crippen LogP contribution in [0.1, 0.15) is 30.5 Å². The number of hydrogen-bond donors (Lipinski definition) is 1. The standard InChI is InChI=1S/C16H13ClF3NO.C2H6/c1-10-3-2-4-11(7-10)8-15(22)21-12-5-6-14(17)13(9-12)16(18,19)20;1-2/h2-7,9H,8H2,1H3,(H,21,22);1-2H3. The predicted octanol–water partition coefficient (Wildman–Crippen LogP) is 5.87. The van der Waals surface area contributed by atoms with Gasteiger partial charge in [-0.1, -0.05) is 55.3 Å². The fourth-order valence-electron chi connectivity index (χ4n) is 2.03. The first-order valence-corrected chi connectivity index (χ1v) is 7.85. The lowest BCUT2D eigenvalue weighted by Crippen LogP contribution is -2.15. The van der Waals surface area contributed by atoms with E-state index in [4.69, 9.17) is 11.6 Å². The van der Waals surface area contributed by atoms with Crippen LogP contribution in [-0.2, 0) is 17.4 Å². The van der Waals surface area contributed by atoms with E-state index in [-0.39, 0.29) is 18.0 Å². The predicted molar refractivity (Wildman–Crippen MR) is 91.3 cm³/mol. The Hall–Kier alpha value is -2.01. The maximum atomic E-state index is 12.8. The highest BCUT2D eigenvalue weighted by atomic mass is 35.5. The lowest BCUT2D eigenvalue weighted by molar-refractivity contribution is -0.137. The Morgan fingerprint density at radius 1 is 1.12 bits per heavy atom. The molecule has 0 atom stereocenters. The second-order valence-corrected chi connectivity index (χ2v) is 5.31. The Morgan fingerprint density at radius 3 is 2.38 bits per heavy atom. The van der Waals surface area contributed by atoms with Gasteiger partial charge in [0.2, 0.25) is 5.91 Å². The molecule has 0 saturated carbocycles. The van der Waals surface area contributed by atoms with Crippen LogP contribution in [0.2, 0.25) is 5.02 Å². The van der Waals surface area contributed by atoms with Crippen molar-refractivity contribution in [3.63, 3.8) is 0 Å². The molecular weight excluding hydrogens is 339 g/mol. The van der Waals surface area contributed by atoms with E-state index in [1.807, 2.05) is 39.0 Å². The topological polar surface area (TPSA) is 29.1 Å². The number of amides is 1. The number of alkyl halides is 3. The summed E-state index contributed by atoms with van der Waals surface area (Å²) in [5.41, 5.74) is 0.899. The number of rotatable bonds is 3. The van der Waals surface area contributed by atoms with Gasteiger partial charge >= 0.3 is 6.18 Å².